The lowest BCUT2D eigenvalue weighted by Crippen LogP contribution is -2.47. The molecular weight excluding hydrogens is 226 g/mol. The summed E-state index contributed by atoms with van der Waals surface area (Å²) in [6.07, 6.45) is 0.570. The predicted molar refractivity (Wildman–Crippen MR) is 75.1 cm³/mol. The molecule has 3 nitrogen and oxygen atoms in total. The predicted octanol–water partition coefficient (Wildman–Crippen LogP) is 2.38. The molecule has 1 unspecified atom stereocenters. The summed E-state index contributed by atoms with van der Waals surface area (Å²) in [5, 5.41) is 13.8. The highest BCUT2D eigenvalue weighted by atomic mass is 16.5. The standard InChI is InChI=1S/C15H25NO2/c1-14(2,3)16-11-15(4,17)10-12-8-6-7-9-13(12)18-5/h6-9,16-17H,10-11H2,1-5H3. The van der Waals surface area contributed by atoms with Gasteiger partial charge in [-0.05, 0) is 39.3 Å². The topological polar surface area (TPSA) is 41.5 Å². The number of hydrogen-bond acceptors (Lipinski definition) is 3. The lowest BCUT2D eigenvalue weighted by Gasteiger charge is -2.30. The molecule has 0 amide bonds. The van der Waals surface area contributed by atoms with Crippen LogP contribution in [0.5, 0.6) is 5.75 Å². The minimum Gasteiger partial charge on any atom is -0.496 e. The third-order valence-electron chi connectivity index (χ3n) is 2.76. The van der Waals surface area contributed by atoms with E-state index in [0.29, 0.717) is 13.0 Å². The Morgan fingerprint density at radius 1 is 1.17 bits per heavy atom. The molecule has 18 heavy (non-hydrogen) atoms. The Hall–Kier alpha value is -1.06. The van der Waals surface area contributed by atoms with E-state index in [1.807, 2.05) is 31.2 Å². The summed E-state index contributed by atoms with van der Waals surface area (Å²) in [6, 6.07) is 7.81. The van der Waals surface area contributed by atoms with Gasteiger partial charge in [0.25, 0.3) is 0 Å². The Morgan fingerprint density at radius 2 is 1.78 bits per heavy atom. The zero-order chi connectivity index (χ0) is 13.8. The average molecular weight is 251 g/mol. The van der Waals surface area contributed by atoms with Crippen LogP contribution in [0.1, 0.15) is 33.3 Å². The quantitative estimate of drug-likeness (QED) is 0.844. The number of methoxy groups -OCH3 is 1. The molecule has 0 saturated heterocycles. The molecule has 0 fully saturated rings. The second-order valence-corrected chi connectivity index (χ2v) is 6.09. The second kappa shape index (κ2) is 5.72. The molecule has 0 heterocycles. The maximum atomic E-state index is 10.4. The van der Waals surface area contributed by atoms with E-state index in [9.17, 15) is 5.11 Å². The smallest absolute Gasteiger partial charge is 0.122 e. The van der Waals surface area contributed by atoms with Crippen LogP contribution in [0.2, 0.25) is 0 Å². The fourth-order valence-electron chi connectivity index (χ4n) is 1.78. The van der Waals surface area contributed by atoms with Gasteiger partial charge in [0.2, 0.25) is 0 Å². The maximum absolute atomic E-state index is 10.4. The molecule has 0 aliphatic heterocycles. The van der Waals surface area contributed by atoms with E-state index in [1.165, 1.54) is 0 Å². The first-order valence-corrected chi connectivity index (χ1v) is 6.33. The van der Waals surface area contributed by atoms with Gasteiger partial charge in [0.15, 0.2) is 0 Å². The molecule has 1 atom stereocenters. The first-order valence-electron chi connectivity index (χ1n) is 6.33. The van der Waals surface area contributed by atoms with Crippen LogP contribution in [0.4, 0.5) is 0 Å². The number of ether oxygens (including phenoxy) is 1. The molecule has 0 spiro atoms. The summed E-state index contributed by atoms with van der Waals surface area (Å²) in [5.74, 6) is 0.827. The molecule has 0 aliphatic carbocycles. The number of hydrogen-bond donors (Lipinski definition) is 2. The van der Waals surface area contributed by atoms with E-state index in [-0.39, 0.29) is 5.54 Å². The summed E-state index contributed by atoms with van der Waals surface area (Å²) in [7, 11) is 1.65. The average Bonchev–Trinajstić information content (AvgIpc) is 2.26. The Balaban J connectivity index is 2.70. The van der Waals surface area contributed by atoms with Crippen molar-refractivity contribution in [2.24, 2.45) is 0 Å². The summed E-state index contributed by atoms with van der Waals surface area (Å²) in [4.78, 5) is 0. The van der Waals surface area contributed by atoms with Crippen molar-refractivity contribution in [3.8, 4) is 5.75 Å². The molecule has 0 aliphatic rings. The number of rotatable bonds is 5. The Bertz CT molecular complexity index is 380. The molecule has 0 radical (unpaired) electrons. The van der Waals surface area contributed by atoms with Crippen molar-refractivity contribution >= 4 is 0 Å². The van der Waals surface area contributed by atoms with Crippen molar-refractivity contribution in [3.05, 3.63) is 29.8 Å². The number of β-amino-alcohol motifs (C(OH)–C–C–N with tert-alkyl or cyclic N) is 1. The maximum Gasteiger partial charge on any atom is 0.122 e. The van der Waals surface area contributed by atoms with Crippen LogP contribution in [-0.4, -0.2) is 29.9 Å². The first-order chi connectivity index (χ1) is 8.23. The SMILES string of the molecule is COc1ccccc1CC(C)(O)CNC(C)(C)C. The van der Waals surface area contributed by atoms with Gasteiger partial charge in [0, 0.05) is 18.5 Å². The van der Waals surface area contributed by atoms with Crippen molar-refractivity contribution in [2.45, 2.75) is 45.3 Å². The third-order valence-corrected chi connectivity index (χ3v) is 2.76. The Labute approximate surface area is 110 Å². The minimum absolute atomic E-state index is 0.00473. The lowest BCUT2D eigenvalue weighted by molar-refractivity contribution is 0.0529. The first kappa shape index (κ1) is 15.0. The van der Waals surface area contributed by atoms with Crippen molar-refractivity contribution in [1.82, 2.24) is 5.32 Å². The Kier molecular flexibility index (Phi) is 4.77. The monoisotopic (exact) mass is 251 g/mol. The fourth-order valence-corrected chi connectivity index (χ4v) is 1.78. The molecule has 0 aromatic heterocycles. The van der Waals surface area contributed by atoms with Crippen LogP contribution in [-0.2, 0) is 6.42 Å². The van der Waals surface area contributed by atoms with Gasteiger partial charge in [0.05, 0.1) is 12.7 Å². The van der Waals surface area contributed by atoms with Gasteiger partial charge in [-0.2, -0.15) is 0 Å². The number of para-hydroxylation sites is 1. The highest BCUT2D eigenvalue weighted by Gasteiger charge is 2.24. The lowest BCUT2D eigenvalue weighted by atomic mass is 9.94. The van der Waals surface area contributed by atoms with Gasteiger partial charge < -0.3 is 15.2 Å². The number of aliphatic hydroxyl groups is 1. The van der Waals surface area contributed by atoms with E-state index in [2.05, 4.69) is 26.1 Å². The third kappa shape index (κ3) is 5.07. The molecule has 1 aromatic rings. The van der Waals surface area contributed by atoms with Gasteiger partial charge in [-0.25, -0.2) is 0 Å². The van der Waals surface area contributed by atoms with Crippen LogP contribution in [0.3, 0.4) is 0 Å². The van der Waals surface area contributed by atoms with Crippen molar-refractivity contribution in [3.63, 3.8) is 0 Å². The molecule has 1 rings (SSSR count). The Morgan fingerprint density at radius 3 is 2.33 bits per heavy atom. The molecular formula is C15H25NO2. The van der Waals surface area contributed by atoms with E-state index in [1.54, 1.807) is 7.11 Å². The molecule has 3 heteroatoms. The molecule has 0 bridgehead atoms. The van der Waals surface area contributed by atoms with E-state index < -0.39 is 5.60 Å². The zero-order valence-electron chi connectivity index (χ0n) is 12.1. The van der Waals surface area contributed by atoms with Crippen LogP contribution in [0.25, 0.3) is 0 Å². The van der Waals surface area contributed by atoms with Crippen molar-refractivity contribution in [2.75, 3.05) is 13.7 Å². The zero-order valence-corrected chi connectivity index (χ0v) is 12.1. The summed E-state index contributed by atoms with van der Waals surface area (Å²) in [5.41, 5.74) is 0.243. The van der Waals surface area contributed by atoms with Crippen molar-refractivity contribution < 1.29 is 9.84 Å². The van der Waals surface area contributed by atoms with Gasteiger partial charge in [-0.15, -0.1) is 0 Å². The number of nitrogens with one attached hydrogen (secondary N) is 1. The molecule has 2 N–H and O–H groups in total. The largest absolute Gasteiger partial charge is 0.496 e. The van der Waals surface area contributed by atoms with E-state index >= 15 is 0 Å². The molecule has 0 saturated carbocycles. The van der Waals surface area contributed by atoms with Gasteiger partial charge >= 0.3 is 0 Å². The van der Waals surface area contributed by atoms with Crippen LogP contribution in [0, 0.1) is 0 Å². The van der Waals surface area contributed by atoms with Gasteiger partial charge in [0.1, 0.15) is 5.75 Å². The van der Waals surface area contributed by atoms with Crippen LogP contribution in [0.15, 0.2) is 24.3 Å². The van der Waals surface area contributed by atoms with Gasteiger partial charge in [-0.1, -0.05) is 18.2 Å². The van der Waals surface area contributed by atoms with E-state index in [4.69, 9.17) is 4.74 Å². The van der Waals surface area contributed by atoms with Crippen LogP contribution >= 0.6 is 0 Å². The summed E-state index contributed by atoms with van der Waals surface area (Å²) >= 11 is 0. The van der Waals surface area contributed by atoms with Crippen molar-refractivity contribution in [1.29, 1.82) is 0 Å². The highest BCUT2D eigenvalue weighted by Crippen LogP contribution is 2.22. The molecule has 102 valence electrons. The molecule has 1 aromatic carbocycles. The van der Waals surface area contributed by atoms with Crippen LogP contribution < -0.4 is 10.1 Å². The normalized spacial score (nSPS) is 15.2. The fraction of sp³-hybridized carbons (Fsp3) is 0.600. The number of benzene rings is 1. The second-order valence-electron chi connectivity index (χ2n) is 6.09. The highest BCUT2D eigenvalue weighted by molar-refractivity contribution is 5.34. The summed E-state index contributed by atoms with van der Waals surface area (Å²) < 4.78 is 5.31. The van der Waals surface area contributed by atoms with E-state index in [0.717, 1.165) is 11.3 Å². The minimum atomic E-state index is -0.790. The van der Waals surface area contributed by atoms with Gasteiger partial charge in [-0.3, -0.25) is 0 Å². The summed E-state index contributed by atoms with van der Waals surface area (Å²) in [6.45, 7) is 8.66.